The number of rotatable bonds is 7. The molecule has 198 valence electrons. The molecule has 7 nitrogen and oxygen atoms in total. The number of H-pyrrole nitrogens is 1. The Morgan fingerprint density at radius 3 is 2.72 bits per heavy atom. The zero-order valence-corrected chi connectivity index (χ0v) is 22.6. The summed E-state index contributed by atoms with van der Waals surface area (Å²) >= 11 is 0. The molecule has 2 aromatic carbocycles. The van der Waals surface area contributed by atoms with Gasteiger partial charge in [0.15, 0.2) is 5.69 Å². The summed E-state index contributed by atoms with van der Waals surface area (Å²) in [5.41, 5.74) is 7.60. The van der Waals surface area contributed by atoms with Crippen molar-refractivity contribution in [3.05, 3.63) is 118 Å². The second kappa shape index (κ2) is 11.0. The number of carbonyl (C=O) groups excluding carboxylic acids is 2. The first-order chi connectivity index (χ1) is 18.9. The molecular formula is C32H33N5O2. The van der Waals surface area contributed by atoms with Crippen LogP contribution in [0.3, 0.4) is 0 Å². The molecule has 2 amide bonds. The zero-order chi connectivity index (χ0) is 27.5. The molecule has 5 rings (SSSR count). The van der Waals surface area contributed by atoms with Crippen molar-refractivity contribution in [2.75, 3.05) is 11.9 Å². The number of hydrogen-bond acceptors (Lipinski definition) is 3. The predicted molar refractivity (Wildman–Crippen MR) is 156 cm³/mol. The smallest absolute Gasteiger partial charge is 0.276 e. The molecule has 0 unspecified atom stereocenters. The highest BCUT2D eigenvalue weighted by molar-refractivity contribution is 6.04. The van der Waals surface area contributed by atoms with Gasteiger partial charge < -0.3 is 15.2 Å². The van der Waals surface area contributed by atoms with Gasteiger partial charge in [-0.15, -0.1) is 0 Å². The Balaban J connectivity index is 1.57. The predicted octanol–water partition coefficient (Wildman–Crippen LogP) is 6.26. The van der Waals surface area contributed by atoms with Crippen LogP contribution in [0.15, 0.2) is 73.4 Å². The van der Waals surface area contributed by atoms with Crippen LogP contribution in [0, 0.1) is 6.92 Å². The molecule has 0 spiro atoms. The number of nitrogens with zero attached hydrogens (tertiary/aromatic N) is 3. The Morgan fingerprint density at radius 2 is 2.00 bits per heavy atom. The summed E-state index contributed by atoms with van der Waals surface area (Å²) in [6.07, 6.45) is 7.68. The van der Waals surface area contributed by atoms with E-state index < -0.39 is 0 Å². The van der Waals surface area contributed by atoms with Gasteiger partial charge >= 0.3 is 0 Å². The van der Waals surface area contributed by atoms with Gasteiger partial charge in [-0.25, -0.2) is 0 Å². The van der Waals surface area contributed by atoms with E-state index >= 15 is 0 Å². The number of benzene rings is 2. The van der Waals surface area contributed by atoms with Crippen molar-refractivity contribution < 1.29 is 9.59 Å². The lowest BCUT2D eigenvalue weighted by atomic mass is 9.95. The minimum atomic E-state index is -0.287. The minimum absolute atomic E-state index is 0.0200. The van der Waals surface area contributed by atoms with E-state index in [1.807, 2.05) is 73.1 Å². The Kier molecular flexibility index (Phi) is 7.32. The number of carbonyl (C=O) groups is 2. The number of aromatic nitrogens is 3. The first-order valence-electron chi connectivity index (χ1n) is 13.2. The van der Waals surface area contributed by atoms with E-state index in [0.717, 1.165) is 33.5 Å². The van der Waals surface area contributed by atoms with Gasteiger partial charge in [0.05, 0.1) is 13.1 Å². The van der Waals surface area contributed by atoms with Gasteiger partial charge in [-0.1, -0.05) is 62.1 Å². The number of anilines is 1. The lowest BCUT2D eigenvalue weighted by Crippen LogP contribution is -2.38. The van der Waals surface area contributed by atoms with Gasteiger partial charge in [-0.05, 0) is 60.4 Å². The molecule has 0 radical (unpaired) electrons. The van der Waals surface area contributed by atoms with Gasteiger partial charge in [0.2, 0.25) is 0 Å². The van der Waals surface area contributed by atoms with Crippen LogP contribution in [0.1, 0.15) is 74.3 Å². The molecule has 7 heteroatoms. The van der Waals surface area contributed by atoms with Crippen molar-refractivity contribution in [1.29, 1.82) is 0 Å². The topological polar surface area (TPSA) is 83.0 Å². The third-order valence-corrected chi connectivity index (χ3v) is 7.11. The number of allylic oxidation sites excluding steroid dienone is 1. The molecule has 1 aliphatic heterocycles. The second-order valence-corrected chi connectivity index (χ2v) is 9.99. The Labute approximate surface area is 228 Å². The SMILES string of the molecule is C=Cc1cccc(Cn2nc(C(=O)Nc3cccc(C)c3)c3c2[C@H](C)CN(C(=O)c2ccc[nH]2)C3)c1/C=C\C. The van der Waals surface area contributed by atoms with Crippen LogP contribution in [-0.4, -0.2) is 38.0 Å². The highest BCUT2D eigenvalue weighted by Gasteiger charge is 2.34. The van der Waals surface area contributed by atoms with E-state index in [-0.39, 0.29) is 17.7 Å². The van der Waals surface area contributed by atoms with Crippen LogP contribution in [-0.2, 0) is 13.1 Å². The van der Waals surface area contributed by atoms with Crippen molar-refractivity contribution in [1.82, 2.24) is 19.7 Å². The second-order valence-electron chi connectivity index (χ2n) is 9.99. The van der Waals surface area contributed by atoms with E-state index in [2.05, 4.69) is 35.9 Å². The van der Waals surface area contributed by atoms with Crippen LogP contribution in [0.2, 0.25) is 0 Å². The molecule has 2 N–H and O–H groups in total. The molecule has 1 atom stereocenters. The van der Waals surface area contributed by atoms with Crippen molar-refractivity contribution in [3.8, 4) is 0 Å². The molecule has 0 bridgehead atoms. The summed E-state index contributed by atoms with van der Waals surface area (Å²) in [7, 11) is 0. The summed E-state index contributed by atoms with van der Waals surface area (Å²) in [5.74, 6) is -0.400. The molecule has 39 heavy (non-hydrogen) atoms. The lowest BCUT2D eigenvalue weighted by Gasteiger charge is -2.32. The van der Waals surface area contributed by atoms with Gasteiger partial charge in [0.25, 0.3) is 11.8 Å². The van der Waals surface area contributed by atoms with Gasteiger partial charge in [-0.3, -0.25) is 14.3 Å². The third-order valence-electron chi connectivity index (χ3n) is 7.11. The molecular weight excluding hydrogens is 486 g/mol. The summed E-state index contributed by atoms with van der Waals surface area (Å²) in [6, 6.07) is 17.4. The van der Waals surface area contributed by atoms with Crippen LogP contribution in [0.4, 0.5) is 5.69 Å². The fraction of sp³-hybridized carbons (Fsp3) is 0.219. The lowest BCUT2D eigenvalue weighted by molar-refractivity contribution is 0.0711. The maximum atomic E-state index is 13.6. The van der Waals surface area contributed by atoms with Crippen molar-refractivity contribution >= 4 is 29.7 Å². The molecule has 1 aliphatic rings. The number of hydrogen-bond donors (Lipinski definition) is 2. The zero-order valence-electron chi connectivity index (χ0n) is 22.6. The number of aromatic amines is 1. The molecule has 0 fully saturated rings. The highest BCUT2D eigenvalue weighted by atomic mass is 16.2. The third kappa shape index (κ3) is 5.21. The molecule has 0 saturated carbocycles. The average molecular weight is 520 g/mol. The van der Waals surface area contributed by atoms with Crippen LogP contribution >= 0.6 is 0 Å². The first kappa shape index (κ1) is 26.0. The van der Waals surface area contributed by atoms with Crippen molar-refractivity contribution in [2.24, 2.45) is 0 Å². The van der Waals surface area contributed by atoms with E-state index in [1.54, 1.807) is 17.2 Å². The van der Waals surface area contributed by atoms with E-state index in [0.29, 0.717) is 36.7 Å². The average Bonchev–Trinajstić information content (AvgIpc) is 3.58. The fourth-order valence-electron chi connectivity index (χ4n) is 5.38. The summed E-state index contributed by atoms with van der Waals surface area (Å²) in [5, 5.41) is 7.89. The number of fused-ring (bicyclic) bond motifs is 1. The summed E-state index contributed by atoms with van der Waals surface area (Å²) in [4.78, 5) is 31.7. The number of aryl methyl sites for hydroxylation is 1. The van der Waals surface area contributed by atoms with Gasteiger partial charge in [0.1, 0.15) is 5.69 Å². The monoisotopic (exact) mass is 519 g/mol. The Bertz CT molecular complexity index is 1560. The largest absolute Gasteiger partial charge is 0.357 e. The Morgan fingerprint density at radius 1 is 1.18 bits per heavy atom. The summed E-state index contributed by atoms with van der Waals surface area (Å²) in [6.45, 7) is 11.4. The van der Waals surface area contributed by atoms with Crippen molar-refractivity contribution in [3.63, 3.8) is 0 Å². The highest BCUT2D eigenvalue weighted by Crippen LogP contribution is 2.33. The standard InChI is InChI=1S/C32H33N5O2/c1-5-10-26-23(6-2)12-8-13-24(26)19-37-30-22(4)18-36(32(39)28-15-9-16-33-28)20-27(30)29(35-37)31(38)34-25-14-7-11-21(3)17-25/h5-17,22,33H,2,18-20H2,1,3-4H3,(H,34,38)/b10-5-/t22-/m1/s1. The molecule has 3 heterocycles. The molecule has 0 saturated heterocycles. The Hall–Kier alpha value is -4.65. The molecule has 0 aliphatic carbocycles. The maximum absolute atomic E-state index is 13.6. The van der Waals surface area contributed by atoms with E-state index in [4.69, 9.17) is 5.10 Å². The van der Waals surface area contributed by atoms with Crippen molar-refractivity contribution in [2.45, 2.75) is 39.8 Å². The maximum Gasteiger partial charge on any atom is 0.276 e. The number of amides is 2. The molecule has 4 aromatic rings. The van der Waals surface area contributed by atoms with Gasteiger partial charge in [-0.2, -0.15) is 5.10 Å². The number of nitrogens with one attached hydrogen (secondary N) is 2. The normalized spacial score (nSPS) is 14.8. The van der Waals surface area contributed by atoms with Crippen LogP contribution < -0.4 is 5.32 Å². The van der Waals surface area contributed by atoms with Gasteiger partial charge in [0, 0.05) is 35.6 Å². The van der Waals surface area contributed by atoms with Crippen LogP contribution in [0.25, 0.3) is 12.2 Å². The van der Waals surface area contributed by atoms with E-state index in [1.165, 1.54) is 0 Å². The minimum Gasteiger partial charge on any atom is -0.357 e. The fourth-order valence-corrected chi connectivity index (χ4v) is 5.38. The van der Waals surface area contributed by atoms with E-state index in [9.17, 15) is 9.59 Å². The first-order valence-corrected chi connectivity index (χ1v) is 13.2. The molecule has 2 aromatic heterocycles. The van der Waals surface area contributed by atoms with Crippen LogP contribution in [0.5, 0.6) is 0 Å². The summed E-state index contributed by atoms with van der Waals surface area (Å²) < 4.78 is 1.94. The quantitative estimate of drug-likeness (QED) is 0.303.